The molecule has 0 heterocycles. The molecule has 288 valence electrons. The fraction of sp³-hybridized carbons (Fsp3) is 0.0847. The molecular formula is C59H47N. The first kappa shape index (κ1) is 37.1. The summed E-state index contributed by atoms with van der Waals surface area (Å²) in [5, 5.41) is 0. The third kappa shape index (κ3) is 5.84. The first-order valence-electron chi connectivity index (χ1n) is 21.0. The molecule has 1 nitrogen and oxygen atoms in total. The molecule has 0 N–H and O–H groups in total. The Bertz CT molecular complexity index is 2980. The Morgan fingerprint density at radius 2 is 1.03 bits per heavy atom. The van der Waals surface area contributed by atoms with E-state index in [9.17, 15) is 0 Å². The highest BCUT2D eigenvalue weighted by Crippen LogP contribution is 2.57. The molecule has 0 spiro atoms. The number of anilines is 3. The topological polar surface area (TPSA) is 3.24 Å². The summed E-state index contributed by atoms with van der Waals surface area (Å²) < 4.78 is 0. The van der Waals surface area contributed by atoms with Crippen LogP contribution in [0.25, 0.3) is 44.5 Å². The second-order valence-electron chi connectivity index (χ2n) is 16.5. The van der Waals surface area contributed by atoms with Crippen LogP contribution in [0.5, 0.6) is 0 Å². The Morgan fingerprint density at radius 1 is 0.450 bits per heavy atom. The molecule has 0 aromatic heterocycles. The van der Waals surface area contributed by atoms with Gasteiger partial charge in [0.15, 0.2) is 0 Å². The third-order valence-electron chi connectivity index (χ3n) is 12.8. The Labute approximate surface area is 355 Å². The zero-order chi connectivity index (χ0) is 40.8. The lowest BCUT2D eigenvalue weighted by atomic mass is 9.67. The molecule has 8 aromatic rings. The van der Waals surface area contributed by atoms with Gasteiger partial charge in [0.1, 0.15) is 0 Å². The van der Waals surface area contributed by atoms with Gasteiger partial charge in [0.25, 0.3) is 0 Å². The summed E-state index contributed by atoms with van der Waals surface area (Å²) in [5.41, 5.74) is 20.0. The zero-order valence-corrected chi connectivity index (χ0v) is 34.4. The SMILES string of the molecule is C=C(/C=C\C=C/C)C1(c2ccccc2)c2ccccc2-c2cc(-c3cccc(N(c4ccc5c(c4)C(C)(C)c4ccccc4-5)c4ccccc4-c4ccccc4)c3)ccc21. The van der Waals surface area contributed by atoms with Gasteiger partial charge in [-0.05, 0) is 116 Å². The summed E-state index contributed by atoms with van der Waals surface area (Å²) >= 11 is 0. The Hall–Kier alpha value is -7.22. The summed E-state index contributed by atoms with van der Waals surface area (Å²) in [7, 11) is 0. The van der Waals surface area contributed by atoms with Crippen LogP contribution in [0.15, 0.2) is 231 Å². The molecule has 1 heteroatoms. The maximum atomic E-state index is 4.77. The number of rotatable bonds is 9. The summed E-state index contributed by atoms with van der Waals surface area (Å²) in [6.07, 6.45) is 8.42. The van der Waals surface area contributed by atoms with Crippen molar-refractivity contribution in [3.8, 4) is 44.5 Å². The largest absolute Gasteiger partial charge is 0.310 e. The van der Waals surface area contributed by atoms with E-state index in [1.807, 2.05) is 6.92 Å². The molecule has 8 aromatic carbocycles. The van der Waals surface area contributed by atoms with E-state index in [-0.39, 0.29) is 5.41 Å². The second kappa shape index (κ2) is 14.9. The molecule has 1 atom stereocenters. The number of hydrogen-bond donors (Lipinski definition) is 0. The second-order valence-corrected chi connectivity index (χ2v) is 16.5. The molecule has 0 aliphatic heterocycles. The van der Waals surface area contributed by atoms with Crippen molar-refractivity contribution in [1.82, 2.24) is 0 Å². The lowest BCUT2D eigenvalue weighted by Crippen LogP contribution is -2.28. The Morgan fingerprint density at radius 3 is 1.80 bits per heavy atom. The van der Waals surface area contributed by atoms with Crippen molar-refractivity contribution in [2.45, 2.75) is 31.6 Å². The molecule has 1 unspecified atom stereocenters. The predicted octanol–water partition coefficient (Wildman–Crippen LogP) is 15.8. The normalized spacial score (nSPS) is 15.7. The molecule has 0 saturated heterocycles. The lowest BCUT2D eigenvalue weighted by molar-refractivity contribution is 0.660. The fourth-order valence-electron chi connectivity index (χ4n) is 10.0. The van der Waals surface area contributed by atoms with Crippen molar-refractivity contribution in [3.63, 3.8) is 0 Å². The van der Waals surface area contributed by atoms with E-state index in [0.717, 1.165) is 28.2 Å². The van der Waals surface area contributed by atoms with Gasteiger partial charge in [-0.2, -0.15) is 0 Å². The molecule has 60 heavy (non-hydrogen) atoms. The highest BCUT2D eigenvalue weighted by Gasteiger charge is 2.46. The number of hydrogen-bond acceptors (Lipinski definition) is 1. The van der Waals surface area contributed by atoms with Gasteiger partial charge in [-0.15, -0.1) is 0 Å². The Balaban J connectivity index is 1.14. The summed E-state index contributed by atoms with van der Waals surface area (Å²) in [6.45, 7) is 11.5. The van der Waals surface area contributed by atoms with Crippen molar-refractivity contribution < 1.29 is 0 Å². The maximum Gasteiger partial charge on any atom is 0.0707 e. The first-order chi connectivity index (χ1) is 29.4. The van der Waals surface area contributed by atoms with Crippen molar-refractivity contribution in [2.24, 2.45) is 0 Å². The van der Waals surface area contributed by atoms with E-state index in [4.69, 9.17) is 6.58 Å². The van der Waals surface area contributed by atoms with Gasteiger partial charge < -0.3 is 4.90 Å². The number of para-hydroxylation sites is 1. The van der Waals surface area contributed by atoms with Gasteiger partial charge in [-0.3, -0.25) is 0 Å². The van der Waals surface area contributed by atoms with Crippen LogP contribution in [0.1, 0.15) is 48.6 Å². The van der Waals surface area contributed by atoms with Crippen molar-refractivity contribution in [3.05, 3.63) is 258 Å². The minimum atomic E-state index is -0.523. The molecular weight excluding hydrogens is 723 g/mol. The van der Waals surface area contributed by atoms with E-state index in [1.54, 1.807) is 0 Å². The van der Waals surface area contributed by atoms with E-state index in [1.165, 1.54) is 66.8 Å². The first-order valence-corrected chi connectivity index (χ1v) is 21.0. The fourth-order valence-corrected chi connectivity index (χ4v) is 10.0. The maximum absolute atomic E-state index is 4.77. The monoisotopic (exact) mass is 769 g/mol. The van der Waals surface area contributed by atoms with Crippen LogP contribution in [0.3, 0.4) is 0 Å². The molecule has 0 fully saturated rings. The van der Waals surface area contributed by atoms with Crippen molar-refractivity contribution in [2.75, 3.05) is 4.90 Å². The number of allylic oxidation sites excluding steroid dienone is 5. The number of fused-ring (bicyclic) bond motifs is 6. The quantitative estimate of drug-likeness (QED) is 0.132. The molecule has 0 amide bonds. The van der Waals surface area contributed by atoms with Crippen LogP contribution in [-0.2, 0) is 10.8 Å². The Kier molecular flexibility index (Phi) is 9.18. The van der Waals surface area contributed by atoms with Gasteiger partial charge in [0.2, 0.25) is 0 Å². The van der Waals surface area contributed by atoms with E-state index < -0.39 is 5.41 Å². The number of benzene rings is 8. The van der Waals surface area contributed by atoms with Gasteiger partial charge >= 0.3 is 0 Å². The third-order valence-corrected chi connectivity index (χ3v) is 12.8. The molecule has 2 aliphatic carbocycles. The molecule has 0 radical (unpaired) electrons. The highest BCUT2D eigenvalue weighted by molar-refractivity contribution is 5.93. The van der Waals surface area contributed by atoms with Crippen LogP contribution in [0, 0.1) is 0 Å². The molecule has 2 aliphatic rings. The van der Waals surface area contributed by atoms with E-state index in [0.29, 0.717) is 0 Å². The highest BCUT2D eigenvalue weighted by atomic mass is 15.1. The summed E-state index contributed by atoms with van der Waals surface area (Å²) in [6, 6.07) is 71.4. The molecule has 0 saturated carbocycles. The zero-order valence-electron chi connectivity index (χ0n) is 34.4. The lowest BCUT2D eigenvalue weighted by Gasteiger charge is -2.34. The average Bonchev–Trinajstić information content (AvgIpc) is 3.72. The van der Waals surface area contributed by atoms with Crippen molar-refractivity contribution in [1.29, 1.82) is 0 Å². The summed E-state index contributed by atoms with van der Waals surface area (Å²) in [5.74, 6) is 0. The molecule has 0 bridgehead atoms. The van der Waals surface area contributed by atoms with E-state index >= 15 is 0 Å². The smallest absolute Gasteiger partial charge is 0.0707 e. The van der Waals surface area contributed by atoms with Crippen molar-refractivity contribution >= 4 is 17.1 Å². The van der Waals surface area contributed by atoms with Crippen LogP contribution >= 0.6 is 0 Å². The average molecular weight is 770 g/mol. The van der Waals surface area contributed by atoms with Gasteiger partial charge in [0.05, 0.1) is 11.1 Å². The summed E-state index contributed by atoms with van der Waals surface area (Å²) in [4.78, 5) is 2.45. The van der Waals surface area contributed by atoms with Gasteiger partial charge in [0, 0.05) is 22.4 Å². The molecule has 10 rings (SSSR count). The minimum absolute atomic E-state index is 0.127. The van der Waals surface area contributed by atoms with Crippen LogP contribution in [-0.4, -0.2) is 0 Å². The van der Waals surface area contributed by atoms with Gasteiger partial charge in [-0.25, -0.2) is 0 Å². The van der Waals surface area contributed by atoms with Crippen LogP contribution in [0.4, 0.5) is 17.1 Å². The number of nitrogens with zero attached hydrogens (tertiary/aromatic N) is 1. The van der Waals surface area contributed by atoms with Crippen LogP contribution < -0.4 is 4.90 Å². The van der Waals surface area contributed by atoms with Gasteiger partial charge in [-0.1, -0.05) is 202 Å². The predicted molar refractivity (Wildman–Crippen MR) is 254 cm³/mol. The standard InChI is InChI=1S/C59H47N/c1-5-6-9-21-41(2)59(45-25-12-8-13-26-45)54-32-18-15-30-50(54)52-39-44(34-37-55(52)59)43-24-20-27-46(38-43)60(57-33-19-16-28-48(57)42-22-10-7-11-23-42)47-35-36-51-49-29-14-17-31-53(49)58(3,4)56(51)40-47/h5-40H,2H2,1,3-4H3/b6-5-,21-9-. The van der Waals surface area contributed by atoms with Crippen LogP contribution in [0.2, 0.25) is 0 Å². The van der Waals surface area contributed by atoms with E-state index in [2.05, 4.69) is 237 Å². The minimum Gasteiger partial charge on any atom is -0.310 e.